The van der Waals surface area contributed by atoms with E-state index >= 15 is 0 Å². The minimum Gasteiger partial charge on any atom is -0.271 e. The van der Waals surface area contributed by atoms with Crippen LogP contribution in [-0.2, 0) is 6.42 Å². The summed E-state index contributed by atoms with van der Waals surface area (Å²) in [6.07, 6.45) is 0.383. The Hall–Kier alpha value is -0.170. The molecule has 2 rings (SSSR count). The number of hydrazine groups is 1. The molecule has 0 saturated carbocycles. The Kier molecular flexibility index (Phi) is 5.22. The lowest BCUT2D eigenvalue weighted by Gasteiger charge is -2.16. The number of nitrogens with two attached hydrogens (primary N) is 1. The highest BCUT2D eigenvalue weighted by Crippen LogP contribution is 2.36. The monoisotopic (exact) mass is 382 g/mol. The van der Waals surface area contributed by atoms with E-state index in [4.69, 9.17) is 29.0 Å². The highest BCUT2D eigenvalue weighted by molar-refractivity contribution is 9.10. The molecule has 0 amide bonds. The van der Waals surface area contributed by atoms with Crippen LogP contribution in [0.1, 0.15) is 17.2 Å². The Morgan fingerprint density at radius 1 is 1.37 bits per heavy atom. The number of thiophene rings is 1. The third kappa shape index (κ3) is 3.68. The first kappa shape index (κ1) is 15.2. The van der Waals surface area contributed by atoms with Gasteiger partial charge in [-0.3, -0.25) is 11.3 Å². The van der Waals surface area contributed by atoms with Crippen molar-refractivity contribution in [3.8, 4) is 0 Å². The summed E-state index contributed by atoms with van der Waals surface area (Å²) in [6, 6.07) is 6.24. The molecule has 3 N–H and O–H groups in total. The largest absolute Gasteiger partial charge is 0.271 e. The molecule has 0 fully saturated rings. The zero-order chi connectivity index (χ0) is 14.0. The second-order valence-corrected chi connectivity index (χ2v) is 7.14. The Labute approximate surface area is 132 Å². The molecule has 0 bridgehead atoms. The third-order valence-corrected chi connectivity index (χ3v) is 4.70. The summed E-state index contributed by atoms with van der Waals surface area (Å²) in [7, 11) is 0. The maximum Gasteiger partial charge on any atom is 0.126 e. The fraction of sp³-hybridized carbons (Fsp3) is 0.167. The minimum absolute atomic E-state index is 0.277. The number of hydrogen-bond acceptors (Lipinski definition) is 3. The molecule has 1 heterocycles. The molecule has 0 aliphatic heterocycles. The van der Waals surface area contributed by atoms with Crippen LogP contribution in [-0.4, -0.2) is 0 Å². The lowest BCUT2D eigenvalue weighted by Crippen LogP contribution is -2.29. The molecule has 2 nitrogen and oxygen atoms in total. The summed E-state index contributed by atoms with van der Waals surface area (Å²) in [5.74, 6) is 5.26. The van der Waals surface area contributed by atoms with Crippen molar-refractivity contribution in [3.05, 3.63) is 54.4 Å². The predicted octanol–water partition coefficient (Wildman–Crippen LogP) is 4.70. The fourth-order valence-corrected chi connectivity index (χ4v) is 3.76. The Morgan fingerprint density at radius 3 is 2.68 bits per heavy atom. The van der Waals surface area contributed by atoms with Gasteiger partial charge in [0, 0.05) is 10.0 Å². The number of halogens is 4. The van der Waals surface area contributed by atoms with Gasteiger partial charge in [0.2, 0.25) is 0 Å². The van der Waals surface area contributed by atoms with Crippen molar-refractivity contribution in [1.29, 1.82) is 0 Å². The molecular formula is C12H10BrCl2FN2S. The molecule has 102 valence electrons. The van der Waals surface area contributed by atoms with Crippen LogP contribution in [0.25, 0.3) is 0 Å². The van der Waals surface area contributed by atoms with E-state index in [1.54, 1.807) is 18.2 Å². The molecule has 1 aromatic carbocycles. The van der Waals surface area contributed by atoms with Crippen LogP contribution >= 0.6 is 50.5 Å². The quantitative estimate of drug-likeness (QED) is 0.592. The van der Waals surface area contributed by atoms with Crippen LogP contribution in [0.15, 0.2) is 28.7 Å². The van der Waals surface area contributed by atoms with Gasteiger partial charge in [-0.2, -0.15) is 0 Å². The first-order chi connectivity index (χ1) is 9.01. The fourth-order valence-electron chi connectivity index (χ4n) is 1.77. The van der Waals surface area contributed by atoms with E-state index in [0.29, 0.717) is 20.7 Å². The molecule has 7 heteroatoms. The number of nitrogens with one attached hydrogen (secondary N) is 1. The lowest BCUT2D eigenvalue weighted by molar-refractivity contribution is 0.530. The summed E-state index contributed by atoms with van der Waals surface area (Å²) >= 11 is 16.6. The number of hydrogen-bond donors (Lipinski definition) is 2. The number of benzene rings is 1. The van der Waals surface area contributed by atoms with E-state index in [-0.39, 0.29) is 11.9 Å². The maximum atomic E-state index is 13.7. The van der Waals surface area contributed by atoms with Gasteiger partial charge in [0.1, 0.15) is 5.82 Å². The van der Waals surface area contributed by atoms with Crippen molar-refractivity contribution in [2.24, 2.45) is 5.84 Å². The molecule has 0 aliphatic rings. The van der Waals surface area contributed by atoms with Crippen molar-refractivity contribution < 1.29 is 4.39 Å². The highest BCUT2D eigenvalue weighted by atomic mass is 79.9. The molecule has 0 spiro atoms. The van der Waals surface area contributed by atoms with Crippen LogP contribution in [0.5, 0.6) is 0 Å². The summed E-state index contributed by atoms with van der Waals surface area (Å²) < 4.78 is 15.7. The van der Waals surface area contributed by atoms with Crippen LogP contribution in [0.2, 0.25) is 8.67 Å². The molecule has 1 unspecified atom stereocenters. The van der Waals surface area contributed by atoms with Gasteiger partial charge in [-0.05, 0) is 36.2 Å². The van der Waals surface area contributed by atoms with Gasteiger partial charge in [0.25, 0.3) is 0 Å². The van der Waals surface area contributed by atoms with E-state index in [9.17, 15) is 4.39 Å². The summed E-state index contributed by atoms with van der Waals surface area (Å²) in [5, 5.41) is 0. The molecular weight excluding hydrogens is 374 g/mol. The first-order valence-electron chi connectivity index (χ1n) is 5.36. The van der Waals surface area contributed by atoms with Gasteiger partial charge < -0.3 is 0 Å². The van der Waals surface area contributed by atoms with Crippen LogP contribution in [0, 0.1) is 5.82 Å². The maximum absolute atomic E-state index is 13.7. The van der Waals surface area contributed by atoms with Gasteiger partial charge in [0.05, 0.1) is 14.7 Å². The van der Waals surface area contributed by atoms with Crippen molar-refractivity contribution in [3.63, 3.8) is 0 Å². The van der Waals surface area contributed by atoms with E-state index < -0.39 is 0 Å². The van der Waals surface area contributed by atoms with E-state index in [0.717, 1.165) is 10.0 Å². The molecule has 0 radical (unpaired) electrons. The zero-order valence-electron chi connectivity index (χ0n) is 9.59. The topological polar surface area (TPSA) is 38.0 Å². The lowest BCUT2D eigenvalue weighted by atomic mass is 10.0. The predicted molar refractivity (Wildman–Crippen MR) is 82.2 cm³/mol. The van der Waals surface area contributed by atoms with Crippen LogP contribution in [0.3, 0.4) is 0 Å². The normalized spacial score (nSPS) is 12.7. The van der Waals surface area contributed by atoms with Crippen LogP contribution in [0.4, 0.5) is 4.39 Å². The third-order valence-electron chi connectivity index (χ3n) is 2.69. The Bertz CT molecular complexity index is 591. The molecule has 0 saturated heterocycles. The Balaban J connectivity index is 2.29. The summed E-state index contributed by atoms with van der Waals surface area (Å²) in [4.78, 5) is 0. The average molecular weight is 384 g/mol. The van der Waals surface area contributed by atoms with Gasteiger partial charge in [-0.15, -0.1) is 11.3 Å². The zero-order valence-corrected chi connectivity index (χ0v) is 13.5. The van der Waals surface area contributed by atoms with E-state index in [1.807, 2.05) is 0 Å². The summed E-state index contributed by atoms with van der Waals surface area (Å²) in [6.45, 7) is 0. The minimum atomic E-state index is -0.292. The van der Waals surface area contributed by atoms with Crippen molar-refractivity contribution in [2.75, 3.05) is 0 Å². The Morgan fingerprint density at radius 2 is 2.11 bits per heavy atom. The SMILES string of the molecule is NNC(Cc1cc(Br)ccc1F)c1cc(Cl)sc1Cl. The highest BCUT2D eigenvalue weighted by Gasteiger charge is 2.18. The number of rotatable bonds is 4. The van der Waals surface area contributed by atoms with Gasteiger partial charge in [0.15, 0.2) is 0 Å². The van der Waals surface area contributed by atoms with Crippen molar-refractivity contribution >= 4 is 50.5 Å². The van der Waals surface area contributed by atoms with Crippen molar-refractivity contribution in [2.45, 2.75) is 12.5 Å². The van der Waals surface area contributed by atoms with Gasteiger partial charge in [-0.1, -0.05) is 39.1 Å². The molecule has 0 aliphatic carbocycles. The molecule has 1 aromatic heterocycles. The molecule has 19 heavy (non-hydrogen) atoms. The van der Waals surface area contributed by atoms with E-state index in [1.165, 1.54) is 17.4 Å². The molecule has 2 aromatic rings. The van der Waals surface area contributed by atoms with Gasteiger partial charge in [-0.25, -0.2) is 4.39 Å². The average Bonchev–Trinajstić information content (AvgIpc) is 2.69. The standard InChI is InChI=1S/C12H10BrCl2FN2S/c13-7-1-2-9(16)6(3-7)4-10(18-17)8-5-11(14)19-12(8)15/h1-3,5,10,18H,4,17H2. The van der Waals surface area contributed by atoms with Crippen molar-refractivity contribution in [1.82, 2.24) is 5.43 Å². The summed E-state index contributed by atoms with van der Waals surface area (Å²) in [5.41, 5.74) is 3.98. The second kappa shape index (κ2) is 6.52. The smallest absolute Gasteiger partial charge is 0.126 e. The van der Waals surface area contributed by atoms with Gasteiger partial charge >= 0.3 is 0 Å². The second-order valence-electron chi connectivity index (χ2n) is 3.94. The van der Waals surface area contributed by atoms with Crippen LogP contribution < -0.4 is 11.3 Å². The molecule has 1 atom stereocenters. The first-order valence-corrected chi connectivity index (χ1v) is 7.72. The van der Waals surface area contributed by atoms with E-state index in [2.05, 4.69) is 21.4 Å².